The Morgan fingerprint density at radius 2 is 1.45 bits per heavy atom. The van der Waals surface area contributed by atoms with Gasteiger partial charge in [-0.2, -0.15) is 0 Å². The molecule has 236 valence electrons. The molecule has 10 atom stereocenters. The van der Waals surface area contributed by atoms with E-state index in [2.05, 4.69) is 0 Å². The molecule has 1 aromatic heterocycles. The highest BCUT2D eigenvalue weighted by atomic mass is 16.7. The van der Waals surface area contributed by atoms with Crippen LogP contribution in [0.1, 0.15) is 12.7 Å². The first-order chi connectivity index (χ1) is 20.0. The number of hydrogen-bond donors (Lipinski definition) is 8. The number of ether oxygens (including phenoxy) is 6. The summed E-state index contributed by atoms with van der Waals surface area (Å²) in [5.74, 6) is -0.267. The lowest BCUT2D eigenvalue weighted by Gasteiger charge is -2.42. The molecule has 16 nitrogen and oxygen atoms in total. The van der Waals surface area contributed by atoms with Gasteiger partial charge in [0, 0.05) is 12.1 Å². The summed E-state index contributed by atoms with van der Waals surface area (Å²) in [4.78, 5) is 13.6. The van der Waals surface area contributed by atoms with Crippen LogP contribution in [0.25, 0.3) is 11.0 Å². The van der Waals surface area contributed by atoms with E-state index in [1.807, 2.05) is 0 Å². The Morgan fingerprint density at radius 1 is 0.810 bits per heavy atom. The summed E-state index contributed by atoms with van der Waals surface area (Å²) in [6.45, 7) is 1.48. The molecule has 16 heteroatoms. The van der Waals surface area contributed by atoms with Gasteiger partial charge in [-0.1, -0.05) is 0 Å². The summed E-state index contributed by atoms with van der Waals surface area (Å²) in [6.07, 6.45) is -15.3. The molecule has 0 bridgehead atoms. The summed E-state index contributed by atoms with van der Waals surface area (Å²) >= 11 is 0. The van der Waals surface area contributed by atoms with Crippen molar-refractivity contribution < 1.29 is 73.7 Å². The second kappa shape index (κ2) is 13.8. The van der Waals surface area contributed by atoms with E-state index in [1.54, 1.807) is 0 Å². The molecule has 10 unspecified atom stereocenters. The third kappa shape index (κ3) is 6.63. The Morgan fingerprint density at radius 3 is 2.14 bits per heavy atom. The number of hydrogen-bond acceptors (Lipinski definition) is 16. The summed E-state index contributed by atoms with van der Waals surface area (Å²) in [5.41, 5.74) is -0.715. The van der Waals surface area contributed by atoms with Crippen LogP contribution in [-0.4, -0.2) is 135 Å². The van der Waals surface area contributed by atoms with Gasteiger partial charge >= 0.3 is 0 Å². The Labute approximate surface area is 238 Å². The summed E-state index contributed by atoms with van der Waals surface area (Å²) < 4.78 is 38.8. The molecule has 2 aliphatic heterocycles. The maximum atomic E-state index is 13.6. The van der Waals surface area contributed by atoms with Crippen LogP contribution >= 0.6 is 0 Å². The first kappa shape index (κ1) is 32.3. The average Bonchev–Trinajstić information content (AvgIpc) is 2.97. The largest absolute Gasteiger partial charge is 0.491 e. The second-order valence-electron chi connectivity index (χ2n) is 9.90. The monoisotopic (exact) mass is 604 g/mol. The van der Waals surface area contributed by atoms with Crippen molar-refractivity contribution in [1.82, 2.24) is 0 Å². The van der Waals surface area contributed by atoms with Crippen molar-refractivity contribution in [2.45, 2.75) is 75.3 Å². The number of aryl methyl sites for hydroxylation is 1. The Balaban J connectivity index is 1.58. The molecule has 0 saturated carbocycles. The zero-order valence-electron chi connectivity index (χ0n) is 22.8. The van der Waals surface area contributed by atoms with Gasteiger partial charge in [-0.25, -0.2) is 0 Å². The molecule has 2 aliphatic rings. The van der Waals surface area contributed by atoms with Crippen LogP contribution in [-0.2, 0) is 14.2 Å². The molecular formula is C26H36O16. The van der Waals surface area contributed by atoms with Gasteiger partial charge in [0.15, 0.2) is 6.29 Å². The topological polar surface area (TPSA) is 247 Å². The van der Waals surface area contributed by atoms with Crippen LogP contribution in [0.3, 0.4) is 0 Å². The lowest BCUT2D eigenvalue weighted by atomic mass is 9.98. The molecule has 0 amide bonds. The van der Waals surface area contributed by atoms with Crippen LogP contribution in [0, 0.1) is 6.92 Å². The molecule has 2 aromatic rings. The molecule has 0 aliphatic carbocycles. The van der Waals surface area contributed by atoms with E-state index in [1.165, 1.54) is 26.0 Å². The first-order valence-electron chi connectivity index (χ1n) is 13.2. The number of aliphatic hydroxyl groups is 8. The van der Waals surface area contributed by atoms with Crippen molar-refractivity contribution in [3.8, 4) is 17.2 Å². The molecule has 2 fully saturated rings. The molecule has 0 radical (unpaired) electrons. The molecule has 0 spiro atoms. The minimum absolute atomic E-state index is 0.0208. The van der Waals surface area contributed by atoms with Gasteiger partial charge in [0.25, 0.3) is 0 Å². The zero-order valence-corrected chi connectivity index (χ0v) is 22.8. The normalized spacial score (nSPS) is 33.5. The number of benzene rings is 1. The molecule has 4 rings (SSSR count). The number of rotatable bonds is 11. The van der Waals surface area contributed by atoms with Gasteiger partial charge in [0.05, 0.1) is 25.9 Å². The third-order valence-corrected chi connectivity index (χ3v) is 6.90. The minimum Gasteiger partial charge on any atom is -0.491 e. The van der Waals surface area contributed by atoms with E-state index >= 15 is 0 Å². The standard InChI is InChI=1S/C26H36O16/c1-10-17(29)20(32)22(34)25(40-10)38-9-15-18(30)21(33)23(35)26(41-15)42-24-11(2)39-14-8-12(36-5-3-27)7-13(37-6-4-28)16(14)19(24)31/h7-8,10,15,17-18,20-23,25-30,32-35H,3-6,9H2,1-2H3. The van der Waals surface area contributed by atoms with Gasteiger partial charge in [0.1, 0.15) is 84.2 Å². The summed E-state index contributed by atoms with van der Waals surface area (Å²) in [5, 5.41) is 79.8. The highest BCUT2D eigenvalue weighted by Crippen LogP contribution is 2.34. The Bertz CT molecular complexity index is 1250. The smallest absolute Gasteiger partial charge is 0.238 e. The fraction of sp³-hybridized carbons (Fsp3) is 0.654. The molecule has 2 saturated heterocycles. The summed E-state index contributed by atoms with van der Waals surface area (Å²) in [7, 11) is 0. The predicted octanol–water partition coefficient (Wildman–Crippen LogP) is -3.13. The Hall–Kier alpha value is -2.61. The maximum absolute atomic E-state index is 13.6. The molecular weight excluding hydrogens is 568 g/mol. The van der Waals surface area contributed by atoms with Gasteiger partial charge in [0.2, 0.25) is 17.5 Å². The van der Waals surface area contributed by atoms with E-state index in [4.69, 9.17) is 37.9 Å². The number of aliphatic hydroxyl groups excluding tert-OH is 8. The van der Waals surface area contributed by atoms with Crippen LogP contribution in [0.4, 0.5) is 0 Å². The van der Waals surface area contributed by atoms with Crippen molar-refractivity contribution in [1.29, 1.82) is 0 Å². The fourth-order valence-corrected chi connectivity index (χ4v) is 4.62. The van der Waals surface area contributed by atoms with Crippen LogP contribution < -0.4 is 19.6 Å². The van der Waals surface area contributed by atoms with E-state index in [0.29, 0.717) is 0 Å². The third-order valence-electron chi connectivity index (χ3n) is 6.90. The highest BCUT2D eigenvalue weighted by Gasteiger charge is 2.47. The average molecular weight is 605 g/mol. The second-order valence-corrected chi connectivity index (χ2v) is 9.90. The highest BCUT2D eigenvalue weighted by molar-refractivity contribution is 5.86. The predicted molar refractivity (Wildman–Crippen MR) is 138 cm³/mol. The van der Waals surface area contributed by atoms with E-state index in [0.717, 1.165) is 0 Å². The Kier molecular flexibility index (Phi) is 10.6. The van der Waals surface area contributed by atoms with Crippen molar-refractivity contribution in [3.63, 3.8) is 0 Å². The maximum Gasteiger partial charge on any atom is 0.238 e. The SMILES string of the molecule is Cc1oc2cc(OCCO)cc(OCCO)c2c(=O)c1OC1OC(COC2OC(C)C(O)C(O)C2O)C(O)C(O)C1O. The fourth-order valence-electron chi connectivity index (χ4n) is 4.62. The van der Waals surface area contributed by atoms with E-state index in [-0.39, 0.29) is 54.7 Å². The van der Waals surface area contributed by atoms with Crippen LogP contribution in [0.5, 0.6) is 17.2 Å². The lowest BCUT2D eigenvalue weighted by molar-refractivity contribution is -0.318. The van der Waals surface area contributed by atoms with Crippen molar-refractivity contribution in [2.24, 2.45) is 0 Å². The lowest BCUT2D eigenvalue weighted by Crippen LogP contribution is -2.61. The zero-order chi connectivity index (χ0) is 30.7. The van der Waals surface area contributed by atoms with Gasteiger partial charge < -0.3 is 73.7 Å². The first-order valence-corrected chi connectivity index (χ1v) is 13.2. The molecule has 1 aromatic carbocycles. The van der Waals surface area contributed by atoms with Gasteiger partial charge in [-0.05, 0) is 13.8 Å². The minimum atomic E-state index is -1.83. The van der Waals surface area contributed by atoms with Crippen molar-refractivity contribution >= 4 is 11.0 Å². The van der Waals surface area contributed by atoms with E-state index in [9.17, 15) is 40.5 Å². The van der Waals surface area contributed by atoms with Crippen LogP contribution in [0.15, 0.2) is 21.3 Å². The quantitative estimate of drug-likeness (QED) is 0.126. The van der Waals surface area contributed by atoms with Crippen molar-refractivity contribution in [3.05, 3.63) is 28.1 Å². The number of fused-ring (bicyclic) bond motifs is 1. The summed E-state index contributed by atoms with van der Waals surface area (Å²) in [6, 6.07) is 2.76. The van der Waals surface area contributed by atoms with Gasteiger partial charge in [-0.3, -0.25) is 4.79 Å². The van der Waals surface area contributed by atoms with Crippen molar-refractivity contribution in [2.75, 3.05) is 33.0 Å². The molecule has 8 N–H and O–H groups in total. The van der Waals surface area contributed by atoms with E-state index < -0.39 is 79.2 Å². The van der Waals surface area contributed by atoms with Crippen LogP contribution in [0.2, 0.25) is 0 Å². The van der Waals surface area contributed by atoms with Gasteiger partial charge in [-0.15, -0.1) is 0 Å². The molecule has 42 heavy (non-hydrogen) atoms. The molecule has 3 heterocycles.